The lowest BCUT2D eigenvalue weighted by Gasteiger charge is -2.19. The second-order valence-corrected chi connectivity index (χ2v) is 13.0. The predicted octanol–water partition coefficient (Wildman–Crippen LogP) is 11.0. The van der Waals surface area contributed by atoms with Gasteiger partial charge < -0.3 is 0 Å². The first kappa shape index (κ1) is 29.8. The summed E-state index contributed by atoms with van der Waals surface area (Å²) >= 11 is 0. The van der Waals surface area contributed by atoms with Crippen LogP contribution in [0.15, 0.2) is 176 Å². The lowest BCUT2D eigenvalue weighted by Crippen LogP contribution is -2.04. The molecule has 7 aromatic carbocycles. The largest absolute Gasteiger partial charge is 0.296 e. The maximum atomic E-state index is 5.20. The Labute approximate surface area is 300 Å². The van der Waals surface area contributed by atoms with Gasteiger partial charge in [0.2, 0.25) is 0 Å². The average molecular weight is 669 g/mol. The number of hydrogen-bond acceptors (Lipinski definition) is 3. The molecule has 0 unspecified atom stereocenters. The number of aromatic nitrogens is 6. The van der Waals surface area contributed by atoms with E-state index in [-0.39, 0.29) is 0 Å². The fourth-order valence-corrected chi connectivity index (χ4v) is 7.51. The van der Waals surface area contributed by atoms with Crippen LogP contribution in [0.3, 0.4) is 0 Å². The van der Waals surface area contributed by atoms with Crippen molar-refractivity contribution in [2.24, 2.45) is 0 Å². The van der Waals surface area contributed by atoms with Gasteiger partial charge in [-0.1, -0.05) is 115 Å². The van der Waals surface area contributed by atoms with Crippen LogP contribution in [0.5, 0.6) is 0 Å². The number of benzene rings is 7. The molecule has 3 heterocycles. The smallest absolute Gasteiger partial charge is 0.145 e. The van der Waals surface area contributed by atoms with Crippen molar-refractivity contribution in [1.82, 2.24) is 28.7 Å². The van der Waals surface area contributed by atoms with Gasteiger partial charge >= 0.3 is 0 Å². The van der Waals surface area contributed by atoms with Gasteiger partial charge in [0.15, 0.2) is 0 Å². The minimum atomic E-state index is 0.883. The SMILES string of the molecule is Cc1nc2ccccc2n1-c1ccccc1-c1cc(-n2c(-c3ccccc3)nc3ccccc32)cc(-n2c(-c3ccccc3)nc3ccccc32)c1. The molecule has 0 amide bonds. The third-order valence-electron chi connectivity index (χ3n) is 9.79. The van der Waals surface area contributed by atoms with Gasteiger partial charge in [0.1, 0.15) is 17.5 Å². The highest BCUT2D eigenvalue weighted by molar-refractivity contribution is 5.88. The summed E-state index contributed by atoms with van der Waals surface area (Å²) in [4.78, 5) is 15.3. The van der Waals surface area contributed by atoms with Crippen molar-refractivity contribution in [1.29, 1.82) is 0 Å². The summed E-state index contributed by atoms with van der Waals surface area (Å²) in [6.07, 6.45) is 0. The molecular formula is C46H32N6. The van der Waals surface area contributed by atoms with Gasteiger partial charge in [0.05, 0.1) is 50.2 Å². The highest BCUT2D eigenvalue weighted by atomic mass is 15.1. The Morgan fingerprint density at radius 3 is 1.33 bits per heavy atom. The zero-order valence-corrected chi connectivity index (χ0v) is 28.4. The van der Waals surface area contributed by atoms with Crippen molar-refractivity contribution in [3.05, 3.63) is 182 Å². The van der Waals surface area contributed by atoms with Crippen LogP contribution in [0.1, 0.15) is 5.82 Å². The minimum Gasteiger partial charge on any atom is -0.296 e. The van der Waals surface area contributed by atoms with E-state index in [4.69, 9.17) is 15.0 Å². The number of nitrogens with zero attached hydrogens (tertiary/aromatic N) is 6. The molecule has 6 heteroatoms. The Morgan fingerprint density at radius 1 is 0.365 bits per heavy atom. The average Bonchev–Trinajstić information content (AvgIpc) is 3.89. The van der Waals surface area contributed by atoms with Crippen LogP contribution in [0.25, 0.3) is 84.1 Å². The zero-order valence-electron chi connectivity index (χ0n) is 28.4. The summed E-state index contributed by atoms with van der Waals surface area (Å²) in [5, 5.41) is 0. The molecule has 0 N–H and O–H groups in total. The fraction of sp³-hybridized carbons (Fsp3) is 0.0217. The van der Waals surface area contributed by atoms with E-state index in [1.165, 1.54) is 0 Å². The van der Waals surface area contributed by atoms with Gasteiger partial charge in [0, 0.05) is 16.7 Å². The number of imidazole rings is 3. The first-order valence-corrected chi connectivity index (χ1v) is 17.5. The normalized spacial score (nSPS) is 11.6. The summed E-state index contributed by atoms with van der Waals surface area (Å²) in [7, 11) is 0. The summed E-state index contributed by atoms with van der Waals surface area (Å²) in [6, 6.07) is 61.4. The van der Waals surface area contributed by atoms with E-state index in [9.17, 15) is 0 Å². The number of para-hydroxylation sites is 7. The van der Waals surface area contributed by atoms with Crippen LogP contribution >= 0.6 is 0 Å². The first-order chi connectivity index (χ1) is 25.7. The molecule has 0 atom stereocenters. The molecule has 0 aliphatic carbocycles. The Kier molecular flexibility index (Phi) is 6.93. The van der Waals surface area contributed by atoms with Gasteiger partial charge in [-0.25, -0.2) is 15.0 Å². The van der Waals surface area contributed by atoms with E-state index in [1.54, 1.807) is 0 Å². The second kappa shape index (κ2) is 12.1. The van der Waals surface area contributed by atoms with E-state index in [0.29, 0.717) is 0 Å². The number of rotatable bonds is 6. The van der Waals surface area contributed by atoms with Crippen LogP contribution in [-0.2, 0) is 0 Å². The monoisotopic (exact) mass is 668 g/mol. The molecule has 0 aliphatic rings. The van der Waals surface area contributed by atoms with Crippen molar-refractivity contribution < 1.29 is 0 Å². The third kappa shape index (κ3) is 4.84. The van der Waals surface area contributed by atoms with Gasteiger partial charge in [-0.05, 0) is 73.2 Å². The molecule has 10 aromatic rings. The first-order valence-electron chi connectivity index (χ1n) is 17.5. The number of aryl methyl sites for hydroxylation is 1. The highest BCUT2D eigenvalue weighted by Gasteiger charge is 2.21. The Morgan fingerprint density at radius 2 is 0.788 bits per heavy atom. The molecule has 3 aromatic heterocycles. The quantitative estimate of drug-likeness (QED) is 0.177. The molecule has 0 aliphatic heterocycles. The lowest BCUT2D eigenvalue weighted by atomic mass is 10.0. The van der Waals surface area contributed by atoms with E-state index < -0.39 is 0 Å². The third-order valence-corrected chi connectivity index (χ3v) is 9.79. The molecule has 6 nitrogen and oxygen atoms in total. The molecule has 0 saturated heterocycles. The van der Waals surface area contributed by atoms with Crippen molar-refractivity contribution in [3.8, 4) is 51.0 Å². The molecule has 0 bridgehead atoms. The standard InChI is InChI=1S/C46H32N6/c1-31-47-38-21-9-13-25-42(38)50(31)41-24-12-8-20-37(41)34-28-35(51-43-26-14-10-22-39(43)48-45(51)32-16-4-2-5-17-32)30-36(29-34)52-44-27-15-11-23-40(44)49-46(52)33-18-6-3-7-19-33/h2-30H,1H3. The van der Waals surface area contributed by atoms with Gasteiger partial charge in [-0.2, -0.15) is 0 Å². The Balaban J connectivity index is 1.31. The van der Waals surface area contributed by atoms with Crippen LogP contribution in [0, 0.1) is 6.92 Å². The lowest BCUT2D eigenvalue weighted by molar-refractivity contribution is 1.00. The number of hydrogen-bond donors (Lipinski definition) is 0. The van der Waals surface area contributed by atoms with Crippen molar-refractivity contribution in [2.45, 2.75) is 6.92 Å². The van der Waals surface area contributed by atoms with Gasteiger partial charge in [0.25, 0.3) is 0 Å². The summed E-state index contributed by atoms with van der Waals surface area (Å²) in [6.45, 7) is 2.08. The van der Waals surface area contributed by atoms with Crippen molar-refractivity contribution in [3.63, 3.8) is 0 Å². The maximum Gasteiger partial charge on any atom is 0.145 e. The highest BCUT2D eigenvalue weighted by Crippen LogP contribution is 2.38. The number of fused-ring (bicyclic) bond motifs is 3. The summed E-state index contributed by atoms with van der Waals surface area (Å²) in [5.74, 6) is 2.70. The van der Waals surface area contributed by atoms with Crippen LogP contribution in [0.2, 0.25) is 0 Å². The Bertz CT molecular complexity index is 2780. The molecule has 52 heavy (non-hydrogen) atoms. The van der Waals surface area contributed by atoms with E-state index in [1.807, 2.05) is 30.3 Å². The van der Waals surface area contributed by atoms with E-state index >= 15 is 0 Å². The van der Waals surface area contributed by atoms with E-state index in [2.05, 4.69) is 166 Å². The molecule has 0 radical (unpaired) electrons. The van der Waals surface area contributed by atoms with Crippen LogP contribution < -0.4 is 0 Å². The fourth-order valence-electron chi connectivity index (χ4n) is 7.51. The zero-order chi connectivity index (χ0) is 34.6. The van der Waals surface area contributed by atoms with Crippen LogP contribution in [0.4, 0.5) is 0 Å². The van der Waals surface area contributed by atoms with Gasteiger partial charge in [-0.3, -0.25) is 13.7 Å². The topological polar surface area (TPSA) is 53.5 Å². The maximum absolute atomic E-state index is 5.20. The van der Waals surface area contributed by atoms with Gasteiger partial charge in [-0.15, -0.1) is 0 Å². The molecular weight excluding hydrogens is 637 g/mol. The predicted molar refractivity (Wildman–Crippen MR) is 211 cm³/mol. The molecule has 246 valence electrons. The molecule has 10 rings (SSSR count). The molecule has 0 spiro atoms. The van der Waals surface area contributed by atoms with Crippen molar-refractivity contribution >= 4 is 33.1 Å². The molecule has 0 saturated carbocycles. The summed E-state index contributed by atoms with van der Waals surface area (Å²) in [5.41, 5.74) is 13.3. The van der Waals surface area contributed by atoms with Crippen LogP contribution in [-0.4, -0.2) is 28.7 Å². The van der Waals surface area contributed by atoms with Crippen molar-refractivity contribution in [2.75, 3.05) is 0 Å². The second-order valence-electron chi connectivity index (χ2n) is 13.0. The molecule has 0 fully saturated rings. The Hall–Kier alpha value is -7.05. The van der Waals surface area contributed by atoms with E-state index in [0.717, 1.165) is 89.9 Å². The summed E-state index contributed by atoms with van der Waals surface area (Å²) < 4.78 is 6.85. The minimum absolute atomic E-state index is 0.883.